The Morgan fingerprint density at radius 1 is 0.833 bits per heavy atom. The quantitative estimate of drug-likeness (QED) is 0.344. The van der Waals surface area contributed by atoms with Crippen LogP contribution in [0.2, 0.25) is 0 Å². The second-order valence-corrected chi connectivity index (χ2v) is 7.09. The Morgan fingerprint density at radius 2 is 1.25 bits per heavy atom. The summed E-state index contributed by atoms with van der Waals surface area (Å²) in [6.07, 6.45) is 16.9. The third-order valence-electron chi connectivity index (χ3n) is 4.65. The lowest BCUT2D eigenvalue weighted by atomic mass is 10.0. The topological polar surface area (TPSA) is 69.6 Å². The van der Waals surface area contributed by atoms with Gasteiger partial charge in [0, 0.05) is 6.92 Å². The first-order chi connectivity index (χ1) is 11.6. The van der Waals surface area contributed by atoms with Crippen molar-refractivity contribution in [3.05, 3.63) is 0 Å². The van der Waals surface area contributed by atoms with Gasteiger partial charge in [-0.05, 0) is 6.42 Å². The van der Waals surface area contributed by atoms with Crippen molar-refractivity contribution < 1.29 is 15.0 Å². The first kappa shape index (κ1) is 23.4. The predicted octanol–water partition coefficient (Wildman–Crippen LogP) is 4.33. The van der Waals surface area contributed by atoms with Crippen LogP contribution in [0, 0.1) is 0 Å². The Kier molecular flexibility index (Phi) is 16.8. The Hall–Kier alpha value is -0.610. The van der Waals surface area contributed by atoms with E-state index in [9.17, 15) is 15.0 Å². The summed E-state index contributed by atoms with van der Waals surface area (Å²) in [4.78, 5) is 11.0. The van der Waals surface area contributed by atoms with Gasteiger partial charge in [0.05, 0.1) is 18.8 Å². The number of aliphatic hydroxyl groups excluding tert-OH is 2. The summed E-state index contributed by atoms with van der Waals surface area (Å²) >= 11 is 0. The molecule has 0 aliphatic rings. The van der Waals surface area contributed by atoms with Crippen molar-refractivity contribution in [2.24, 2.45) is 0 Å². The van der Waals surface area contributed by atoms with E-state index in [0.717, 1.165) is 12.8 Å². The van der Waals surface area contributed by atoms with E-state index in [1.165, 1.54) is 77.6 Å². The van der Waals surface area contributed by atoms with E-state index in [-0.39, 0.29) is 12.5 Å². The van der Waals surface area contributed by atoms with Gasteiger partial charge in [-0.25, -0.2) is 0 Å². The zero-order chi connectivity index (χ0) is 18.0. The van der Waals surface area contributed by atoms with E-state index in [0.29, 0.717) is 6.42 Å². The van der Waals surface area contributed by atoms with Crippen LogP contribution in [0.5, 0.6) is 0 Å². The average molecular weight is 344 g/mol. The molecular formula is C20H41NO3. The fourth-order valence-electron chi connectivity index (χ4n) is 3.10. The van der Waals surface area contributed by atoms with Crippen LogP contribution in [0.3, 0.4) is 0 Å². The summed E-state index contributed by atoms with van der Waals surface area (Å²) in [7, 11) is 0. The van der Waals surface area contributed by atoms with Gasteiger partial charge in [-0.3, -0.25) is 4.79 Å². The first-order valence-corrected chi connectivity index (χ1v) is 10.2. The molecule has 0 aromatic heterocycles. The van der Waals surface area contributed by atoms with Crippen LogP contribution in [0.25, 0.3) is 0 Å². The van der Waals surface area contributed by atoms with Crippen LogP contribution in [-0.4, -0.2) is 34.9 Å². The minimum atomic E-state index is -0.647. The molecule has 0 saturated heterocycles. The number of amides is 1. The van der Waals surface area contributed by atoms with Crippen molar-refractivity contribution >= 4 is 5.91 Å². The minimum absolute atomic E-state index is 0.209. The molecule has 2 atom stereocenters. The van der Waals surface area contributed by atoms with Crippen LogP contribution in [0.4, 0.5) is 0 Å². The molecule has 0 rings (SSSR count). The molecule has 0 heterocycles. The van der Waals surface area contributed by atoms with Crippen LogP contribution >= 0.6 is 0 Å². The molecule has 0 aromatic rings. The highest BCUT2D eigenvalue weighted by molar-refractivity contribution is 5.73. The van der Waals surface area contributed by atoms with Gasteiger partial charge >= 0.3 is 0 Å². The maximum atomic E-state index is 11.0. The fourth-order valence-corrected chi connectivity index (χ4v) is 3.10. The van der Waals surface area contributed by atoms with Gasteiger partial charge in [-0.15, -0.1) is 0 Å². The van der Waals surface area contributed by atoms with Gasteiger partial charge in [0.2, 0.25) is 5.91 Å². The molecule has 144 valence electrons. The summed E-state index contributed by atoms with van der Waals surface area (Å²) < 4.78 is 0. The van der Waals surface area contributed by atoms with E-state index in [1.807, 2.05) is 0 Å². The lowest BCUT2D eigenvalue weighted by Gasteiger charge is -2.21. The molecule has 1 amide bonds. The van der Waals surface area contributed by atoms with E-state index >= 15 is 0 Å². The molecule has 0 saturated carbocycles. The monoisotopic (exact) mass is 343 g/mol. The zero-order valence-electron chi connectivity index (χ0n) is 16.1. The maximum absolute atomic E-state index is 11.0. The molecule has 3 N–H and O–H groups in total. The van der Waals surface area contributed by atoms with Crippen LogP contribution in [0.15, 0.2) is 0 Å². The second-order valence-electron chi connectivity index (χ2n) is 7.09. The molecule has 0 aliphatic heterocycles. The number of nitrogens with one attached hydrogen (secondary N) is 1. The number of aliphatic hydroxyl groups is 2. The third-order valence-corrected chi connectivity index (χ3v) is 4.65. The Morgan fingerprint density at radius 3 is 1.62 bits per heavy atom. The van der Waals surface area contributed by atoms with Crippen molar-refractivity contribution in [2.45, 2.75) is 116 Å². The highest BCUT2D eigenvalue weighted by Crippen LogP contribution is 2.14. The van der Waals surface area contributed by atoms with Crippen LogP contribution in [0.1, 0.15) is 104 Å². The molecule has 0 unspecified atom stereocenters. The van der Waals surface area contributed by atoms with E-state index in [1.54, 1.807) is 0 Å². The summed E-state index contributed by atoms with van der Waals surface area (Å²) in [5, 5.41) is 21.7. The number of carbonyl (C=O) groups excluding carboxylic acids is 1. The zero-order valence-corrected chi connectivity index (χ0v) is 16.1. The van der Waals surface area contributed by atoms with Gasteiger partial charge in [0.25, 0.3) is 0 Å². The normalized spacial score (nSPS) is 13.7. The minimum Gasteiger partial charge on any atom is -0.394 e. The highest BCUT2D eigenvalue weighted by Gasteiger charge is 2.18. The number of carbonyl (C=O) groups is 1. The van der Waals surface area contributed by atoms with Crippen molar-refractivity contribution in [1.29, 1.82) is 0 Å². The highest BCUT2D eigenvalue weighted by atomic mass is 16.3. The number of rotatable bonds is 17. The lowest BCUT2D eigenvalue weighted by Crippen LogP contribution is -2.44. The Balaban J connectivity index is 3.34. The van der Waals surface area contributed by atoms with Gasteiger partial charge < -0.3 is 15.5 Å². The number of hydrogen-bond donors (Lipinski definition) is 3. The van der Waals surface area contributed by atoms with E-state index in [2.05, 4.69) is 12.2 Å². The van der Waals surface area contributed by atoms with Gasteiger partial charge in [0.15, 0.2) is 0 Å². The molecule has 4 heteroatoms. The summed E-state index contributed by atoms with van der Waals surface area (Å²) in [6.45, 7) is 3.45. The standard InChI is InChI=1S/C20H41NO3/c1-3-4-5-6-7-8-9-10-11-12-13-14-15-16-20(24)19(17-22)21-18(2)23/h19-20,22,24H,3-17H2,1-2H3,(H,21,23)/t19-,20-/m1/s1. The first-order valence-electron chi connectivity index (χ1n) is 10.2. The van der Waals surface area contributed by atoms with Gasteiger partial charge in [-0.2, -0.15) is 0 Å². The van der Waals surface area contributed by atoms with E-state index < -0.39 is 12.1 Å². The molecule has 0 radical (unpaired) electrons. The predicted molar refractivity (Wildman–Crippen MR) is 101 cm³/mol. The summed E-state index contributed by atoms with van der Waals surface area (Å²) in [6, 6.07) is -0.528. The summed E-state index contributed by atoms with van der Waals surface area (Å²) in [5.41, 5.74) is 0. The van der Waals surface area contributed by atoms with Gasteiger partial charge in [0.1, 0.15) is 0 Å². The average Bonchev–Trinajstić information content (AvgIpc) is 2.56. The Labute approximate surface area is 149 Å². The SMILES string of the molecule is CCCCCCCCCCCCCCC[C@@H](O)[C@@H](CO)NC(C)=O. The number of unbranched alkanes of at least 4 members (excludes halogenated alkanes) is 12. The largest absolute Gasteiger partial charge is 0.394 e. The fraction of sp³-hybridized carbons (Fsp3) is 0.950. The van der Waals surface area contributed by atoms with Crippen molar-refractivity contribution in [2.75, 3.05) is 6.61 Å². The van der Waals surface area contributed by atoms with Crippen molar-refractivity contribution in [3.8, 4) is 0 Å². The van der Waals surface area contributed by atoms with Crippen molar-refractivity contribution in [1.82, 2.24) is 5.32 Å². The Bertz CT molecular complexity index is 284. The van der Waals surface area contributed by atoms with Crippen LogP contribution in [-0.2, 0) is 4.79 Å². The third kappa shape index (κ3) is 14.9. The van der Waals surface area contributed by atoms with Crippen molar-refractivity contribution in [3.63, 3.8) is 0 Å². The lowest BCUT2D eigenvalue weighted by molar-refractivity contribution is -0.121. The molecule has 0 aliphatic carbocycles. The van der Waals surface area contributed by atoms with E-state index in [4.69, 9.17) is 0 Å². The molecule has 0 aromatic carbocycles. The smallest absolute Gasteiger partial charge is 0.217 e. The molecule has 0 fully saturated rings. The summed E-state index contributed by atoms with van der Waals surface area (Å²) in [5.74, 6) is -0.210. The molecule has 24 heavy (non-hydrogen) atoms. The van der Waals surface area contributed by atoms with Gasteiger partial charge in [-0.1, -0.05) is 90.4 Å². The maximum Gasteiger partial charge on any atom is 0.217 e. The number of hydrogen-bond acceptors (Lipinski definition) is 3. The molecular weight excluding hydrogens is 302 g/mol. The van der Waals surface area contributed by atoms with Crippen LogP contribution < -0.4 is 5.32 Å². The molecule has 0 bridgehead atoms. The second kappa shape index (κ2) is 17.2. The molecule has 4 nitrogen and oxygen atoms in total. The molecule has 0 spiro atoms.